The Labute approximate surface area is 141 Å². The number of rotatable bonds is 4. The number of benzene rings is 1. The summed E-state index contributed by atoms with van der Waals surface area (Å²) >= 11 is 3.40. The van der Waals surface area contributed by atoms with Gasteiger partial charge in [0.05, 0.1) is 4.90 Å². The highest BCUT2D eigenvalue weighted by Gasteiger charge is 2.30. The van der Waals surface area contributed by atoms with Crippen LogP contribution in [0.25, 0.3) is 0 Å². The molecule has 0 unspecified atom stereocenters. The van der Waals surface area contributed by atoms with Gasteiger partial charge in [0.2, 0.25) is 10.0 Å². The van der Waals surface area contributed by atoms with Crippen molar-refractivity contribution in [1.82, 2.24) is 9.62 Å². The van der Waals surface area contributed by atoms with Gasteiger partial charge in [-0.05, 0) is 66.8 Å². The molecule has 120 valence electrons. The van der Waals surface area contributed by atoms with Crippen LogP contribution in [0, 0.1) is 12.8 Å². The van der Waals surface area contributed by atoms with Gasteiger partial charge in [-0.25, -0.2) is 8.42 Å². The van der Waals surface area contributed by atoms with Crippen LogP contribution in [0.3, 0.4) is 0 Å². The Morgan fingerprint density at radius 1 is 1.33 bits per heavy atom. The summed E-state index contributed by atoms with van der Waals surface area (Å²) < 4.78 is 27.7. The monoisotopic (exact) mass is 396 g/mol. The molecule has 0 aromatic heterocycles. The summed E-state index contributed by atoms with van der Waals surface area (Å²) in [6.07, 6.45) is 1.84. The first-order valence-corrected chi connectivity index (χ1v) is 9.10. The van der Waals surface area contributed by atoms with Crippen molar-refractivity contribution in [3.63, 3.8) is 0 Å². The van der Waals surface area contributed by atoms with E-state index in [4.69, 9.17) is 0 Å². The molecular formula is C14H22BrClN2O2S. The van der Waals surface area contributed by atoms with E-state index >= 15 is 0 Å². The molecule has 1 aromatic carbocycles. The number of sulfonamides is 1. The largest absolute Gasteiger partial charge is 0.319 e. The zero-order valence-electron chi connectivity index (χ0n) is 12.3. The first-order valence-electron chi connectivity index (χ1n) is 6.86. The van der Waals surface area contributed by atoms with Crippen LogP contribution in [0.1, 0.15) is 18.4 Å². The van der Waals surface area contributed by atoms with E-state index in [0.29, 0.717) is 28.4 Å². The molecule has 0 aliphatic carbocycles. The molecule has 0 saturated carbocycles. The lowest BCUT2D eigenvalue weighted by molar-refractivity contribution is 0.270. The molecular weight excluding hydrogens is 376 g/mol. The molecule has 1 aliphatic heterocycles. The normalized spacial score (nSPS) is 17.5. The van der Waals surface area contributed by atoms with Gasteiger partial charge >= 0.3 is 0 Å². The Morgan fingerprint density at radius 2 is 1.95 bits per heavy atom. The lowest BCUT2D eigenvalue weighted by Gasteiger charge is -2.31. The van der Waals surface area contributed by atoms with E-state index in [9.17, 15) is 8.42 Å². The average molecular weight is 398 g/mol. The van der Waals surface area contributed by atoms with Gasteiger partial charge in [-0.3, -0.25) is 0 Å². The fourth-order valence-corrected chi connectivity index (χ4v) is 5.09. The topological polar surface area (TPSA) is 49.4 Å². The summed E-state index contributed by atoms with van der Waals surface area (Å²) in [6.45, 7) is 4.08. The second-order valence-corrected chi connectivity index (χ2v) is 7.99. The van der Waals surface area contributed by atoms with E-state index in [-0.39, 0.29) is 12.4 Å². The average Bonchev–Trinajstić information content (AvgIpc) is 2.42. The molecule has 0 amide bonds. The van der Waals surface area contributed by atoms with Gasteiger partial charge in [-0.15, -0.1) is 12.4 Å². The molecule has 0 radical (unpaired) electrons. The minimum atomic E-state index is -3.39. The van der Waals surface area contributed by atoms with Gasteiger partial charge < -0.3 is 5.32 Å². The molecule has 1 heterocycles. The van der Waals surface area contributed by atoms with E-state index in [1.807, 2.05) is 20.0 Å². The maximum atomic E-state index is 12.7. The van der Waals surface area contributed by atoms with Gasteiger partial charge in [0, 0.05) is 17.6 Å². The fourth-order valence-electron chi connectivity index (χ4n) is 2.60. The van der Waals surface area contributed by atoms with Crippen LogP contribution in [0.4, 0.5) is 0 Å². The van der Waals surface area contributed by atoms with E-state index in [2.05, 4.69) is 21.2 Å². The summed E-state index contributed by atoms with van der Waals surface area (Å²) in [6, 6.07) is 5.37. The maximum absolute atomic E-state index is 12.7. The Bertz CT molecular complexity index is 572. The Morgan fingerprint density at radius 3 is 2.52 bits per heavy atom. The van der Waals surface area contributed by atoms with Crippen LogP contribution in [-0.2, 0) is 10.0 Å². The molecule has 1 saturated heterocycles. The predicted octanol–water partition coefficient (Wildman–Crippen LogP) is 2.80. The van der Waals surface area contributed by atoms with Crippen molar-refractivity contribution in [3.05, 3.63) is 28.2 Å². The molecule has 0 spiro atoms. The number of hydrogen-bond donors (Lipinski definition) is 1. The van der Waals surface area contributed by atoms with Crippen molar-refractivity contribution < 1.29 is 8.42 Å². The minimum Gasteiger partial charge on any atom is -0.319 e. The maximum Gasteiger partial charge on any atom is 0.244 e. The van der Waals surface area contributed by atoms with Crippen LogP contribution in [0.15, 0.2) is 27.6 Å². The summed E-state index contributed by atoms with van der Waals surface area (Å²) in [4.78, 5) is 0.379. The highest BCUT2D eigenvalue weighted by atomic mass is 79.9. The standard InChI is InChI=1S/C14H21BrN2O2S.ClH/c1-11-4-3-5-13(14(11)15)20(18,19)17-8-6-12(7-9-17)10-16-2;/h3-5,12,16H,6-10H2,1-2H3;1H. The zero-order chi connectivity index (χ0) is 14.8. The number of aryl methyl sites for hydroxylation is 1. The SMILES string of the molecule is CNCC1CCN(S(=O)(=O)c2cccc(C)c2Br)CC1.Cl. The van der Waals surface area contributed by atoms with Crippen LogP contribution in [0.2, 0.25) is 0 Å². The zero-order valence-corrected chi connectivity index (χ0v) is 15.5. The number of halogens is 2. The van der Waals surface area contributed by atoms with E-state index in [0.717, 1.165) is 24.9 Å². The van der Waals surface area contributed by atoms with Crippen molar-refractivity contribution in [3.8, 4) is 0 Å². The Hall–Kier alpha value is -0.140. The molecule has 2 rings (SSSR count). The van der Waals surface area contributed by atoms with E-state index in [1.165, 1.54) is 0 Å². The highest BCUT2D eigenvalue weighted by molar-refractivity contribution is 9.10. The second kappa shape index (κ2) is 7.92. The third-order valence-corrected chi connectivity index (χ3v) is 7.10. The quantitative estimate of drug-likeness (QED) is 0.850. The third-order valence-electron chi connectivity index (χ3n) is 3.84. The second-order valence-electron chi connectivity index (χ2n) is 5.29. The van der Waals surface area contributed by atoms with Gasteiger partial charge in [-0.2, -0.15) is 4.31 Å². The van der Waals surface area contributed by atoms with Crippen molar-refractivity contribution in [1.29, 1.82) is 0 Å². The predicted molar refractivity (Wildman–Crippen MR) is 91.5 cm³/mol. The van der Waals surface area contributed by atoms with E-state index < -0.39 is 10.0 Å². The number of hydrogen-bond acceptors (Lipinski definition) is 3. The van der Waals surface area contributed by atoms with Crippen molar-refractivity contribution in [2.45, 2.75) is 24.7 Å². The van der Waals surface area contributed by atoms with Crippen molar-refractivity contribution in [2.24, 2.45) is 5.92 Å². The van der Waals surface area contributed by atoms with Crippen LogP contribution in [0.5, 0.6) is 0 Å². The number of nitrogens with zero attached hydrogens (tertiary/aromatic N) is 1. The smallest absolute Gasteiger partial charge is 0.244 e. The molecule has 1 N–H and O–H groups in total. The number of piperidine rings is 1. The summed E-state index contributed by atoms with van der Waals surface area (Å²) in [5.41, 5.74) is 0.941. The first kappa shape index (κ1) is 18.9. The summed E-state index contributed by atoms with van der Waals surface area (Å²) in [5.74, 6) is 0.576. The highest BCUT2D eigenvalue weighted by Crippen LogP contribution is 2.30. The molecule has 4 nitrogen and oxygen atoms in total. The van der Waals surface area contributed by atoms with Gasteiger partial charge in [0.15, 0.2) is 0 Å². The molecule has 1 aromatic rings. The minimum absolute atomic E-state index is 0. The summed E-state index contributed by atoms with van der Waals surface area (Å²) in [5, 5.41) is 3.16. The van der Waals surface area contributed by atoms with Gasteiger partial charge in [0.25, 0.3) is 0 Å². The van der Waals surface area contributed by atoms with Crippen molar-refractivity contribution in [2.75, 3.05) is 26.7 Å². The molecule has 21 heavy (non-hydrogen) atoms. The number of nitrogens with one attached hydrogen (secondary N) is 1. The third kappa shape index (κ3) is 4.20. The molecule has 0 bridgehead atoms. The van der Waals surface area contributed by atoms with Gasteiger partial charge in [-0.1, -0.05) is 12.1 Å². The van der Waals surface area contributed by atoms with Crippen molar-refractivity contribution >= 4 is 38.4 Å². The Balaban J connectivity index is 0.00000220. The van der Waals surface area contributed by atoms with Crippen LogP contribution < -0.4 is 5.32 Å². The lowest BCUT2D eigenvalue weighted by Crippen LogP contribution is -2.40. The van der Waals surface area contributed by atoms with E-state index in [1.54, 1.807) is 16.4 Å². The molecule has 7 heteroatoms. The fraction of sp³-hybridized carbons (Fsp3) is 0.571. The first-order chi connectivity index (χ1) is 9.46. The Kier molecular flexibility index (Phi) is 7.13. The summed E-state index contributed by atoms with van der Waals surface area (Å²) in [7, 11) is -1.45. The molecule has 1 fully saturated rings. The lowest BCUT2D eigenvalue weighted by atomic mass is 9.98. The van der Waals surface area contributed by atoms with Gasteiger partial charge in [0.1, 0.15) is 0 Å². The van der Waals surface area contributed by atoms with Crippen LogP contribution >= 0.6 is 28.3 Å². The van der Waals surface area contributed by atoms with Crippen LogP contribution in [-0.4, -0.2) is 39.4 Å². The molecule has 1 aliphatic rings. The molecule has 0 atom stereocenters.